The van der Waals surface area contributed by atoms with Crippen LogP contribution in [-0.4, -0.2) is 73.4 Å². The van der Waals surface area contributed by atoms with Gasteiger partial charge in [0.1, 0.15) is 13.2 Å². The fourth-order valence-corrected chi connectivity index (χ4v) is 8.23. The van der Waals surface area contributed by atoms with E-state index < -0.39 is 20.0 Å². The summed E-state index contributed by atoms with van der Waals surface area (Å²) >= 11 is 0. The Kier molecular flexibility index (Phi) is 47.5. The molecule has 3 N–H and O–H groups in total. The number of hydrogen-bond donors (Lipinski definition) is 3. The number of nitrogens with zero attached hydrogens (tertiary/aromatic N) is 1. The number of aliphatic hydroxyl groups excluding tert-OH is 1. The second-order valence-corrected chi connectivity index (χ2v) is 21.0. The summed E-state index contributed by atoms with van der Waals surface area (Å²) in [6, 6.07) is -0.848. The van der Waals surface area contributed by atoms with Crippen molar-refractivity contribution in [3.8, 4) is 0 Å². The zero-order valence-corrected chi connectivity index (χ0v) is 45.5. The third-order valence-corrected chi connectivity index (χ3v) is 12.8. The molecule has 0 fully saturated rings. The van der Waals surface area contributed by atoms with Gasteiger partial charge >= 0.3 is 7.82 Å². The van der Waals surface area contributed by atoms with E-state index in [2.05, 4.69) is 104 Å². The number of allylic oxidation sites excluding steroid dienone is 15. The van der Waals surface area contributed by atoms with Gasteiger partial charge in [-0.3, -0.25) is 13.8 Å². The van der Waals surface area contributed by atoms with E-state index in [1.807, 2.05) is 27.2 Å². The summed E-state index contributed by atoms with van der Waals surface area (Å²) in [5.74, 6) is -0.183. The van der Waals surface area contributed by atoms with Gasteiger partial charge in [-0.2, -0.15) is 0 Å². The first kappa shape index (κ1) is 65.4. The fraction of sp³-hybridized carbons (Fsp3) is 0.712. The van der Waals surface area contributed by atoms with Crippen molar-refractivity contribution >= 4 is 13.7 Å². The number of rotatable bonds is 49. The third-order valence-electron chi connectivity index (χ3n) is 11.8. The Hall–Kier alpha value is -2.58. The van der Waals surface area contributed by atoms with Crippen molar-refractivity contribution in [2.75, 3.05) is 40.9 Å². The number of aliphatic hydroxyl groups is 1. The van der Waals surface area contributed by atoms with Gasteiger partial charge in [0.05, 0.1) is 39.9 Å². The third kappa shape index (κ3) is 51.3. The Morgan fingerprint density at radius 2 is 0.882 bits per heavy atom. The molecule has 9 heteroatoms. The normalized spacial score (nSPS) is 14.8. The monoisotopic (exact) mass is 970 g/mol. The molecule has 68 heavy (non-hydrogen) atoms. The van der Waals surface area contributed by atoms with E-state index in [0.717, 1.165) is 83.5 Å². The topological polar surface area (TPSA) is 105 Å². The van der Waals surface area contributed by atoms with Crippen LogP contribution in [0.2, 0.25) is 0 Å². The molecule has 0 aliphatic heterocycles. The molecule has 0 radical (unpaired) electrons. The van der Waals surface area contributed by atoms with E-state index in [1.165, 1.54) is 116 Å². The lowest BCUT2D eigenvalue weighted by atomic mass is 10.0. The van der Waals surface area contributed by atoms with Crippen LogP contribution in [0, 0.1) is 0 Å². The molecule has 0 aromatic rings. The summed E-state index contributed by atoms with van der Waals surface area (Å²) in [7, 11) is 1.56. The first-order valence-corrected chi connectivity index (χ1v) is 29.1. The summed E-state index contributed by atoms with van der Waals surface area (Å²) in [4.78, 5) is 23.1. The van der Waals surface area contributed by atoms with Crippen LogP contribution in [0.5, 0.6) is 0 Å². The van der Waals surface area contributed by atoms with E-state index in [1.54, 1.807) is 6.08 Å². The Labute approximate surface area is 419 Å². The van der Waals surface area contributed by atoms with Crippen molar-refractivity contribution < 1.29 is 32.9 Å². The highest BCUT2D eigenvalue weighted by Gasteiger charge is 2.27. The Morgan fingerprint density at radius 3 is 1.29 bits per heavy atom. The minimum absolute atomic E-state index is 0.0584. The number of phosphoric acid groups is 1. The number of carbonyl (C=O) groups excluding carboxylic acids is 1. The smallest absolute Gasteiger partial charge is 0.387 e. The maximum atomic E-state index is 12.9. The van der Waals surface area contributed by atoms with Crippen molar-refractivity contribution in [1.29, 1.82) is 0 Å². The second-order valence-electron chi connectivity index (χ2n) is 19.6. The predicted octanol–water partition coefficient (Wildman–Crippen LogP) is 16.6. The highest BCUT2D eigenvalue weighted by molar-refractivity contribution is 7.47. The number of carbonyl (C=O) groups is 1. The average Bonchev–Trinajstić information content (AvgIpc) is 3.30. The Bertz CT molecular complexity index is 1420. The molecule has 0 rings (SSSR count). The molecule has 3 unspecified atom stereocenters. The number of amides is 1. The highest BCUT2D eigenvalue weighted by atomic mass is 31.2. The van der Waals surface area contributed by atoms with Crippen molar-refractivity contribution in [1.82, 2.24) is 5.32 Å². The van der Waals surface area contributed by atoms with Crippen molar-refractivity contribution in [3.63, 3.8) is 0 Å². The lowest BCUT2D eigenvalue weighted by Crippen LogP contribution is -2.45. The fourth-order valence-electron chi connectivity index (χ4n) is 7.49. The SMILES string of the molecule is CC/C=C\C/C=C\C/C=C\C/C=C\C/C=C\C/C=C\C/C=C\CCCCCCCCCCCCCCCCCC(=O)NC(COP(=O)(O)OCC[N+](C)(C)C)C(O)/C=C/CCCCCCCCC. The molecule has 0 saturated heterocycles. The molecule has 8 nitrogen and oxygen atoms in total. The number of unbranched alkanes of at least 4 members (excludes halogenated alkanes) is 22. The van der Waals surface area contributed by atoms with Gasteiger partial charge in [-0.1, -0.05) is 233 Å². The van der Waals surface area contributed by atoms with Crippen LogP contribution in [0.1, 0.15) is 219 Å². The molecule has 1 amide bonds. The molecule has 0 aromatic carbocycles. The lowest BCUT2D eigenvalue weighted by Gasteiger charge is -2.25. The van der Waals surface area contributed by atoms with E-state index in [-0.39, 0.29) is 19.1 Å². The van der Waals surface area contributed by atoms with Gasteiger partial charge in [-0.15, -0.1) is 0 Å². The van der Waals surface area contributed by atoms with E-state index in [0.29, 0.717) is 17.4 Å². The number of hydrogen-bond acceptors (Lipinski definition) is 5. The zero-order valence-electron chi connectivity index (χ0n) is 44.6. The van der Waals surface area contributed by atoms with Gasteiger partial charge in [-0.25, -0.2) is 4.57 Å². The summed E-state index contributed by atoms with van der Waals surface area (Å²) < 4.78 is 23.6. The minimum Gasteiger partial charge on any atom is -0.387 e. The molecule has 3 atom stereocenters. The quantitative estimate of drug-likeness (QED) is 0.0243. The molecule has 0 heterocycles. The first-order valence-electron chi connectivity index (χ1n) is 27.6. The van der Waals surface area contributed by atoms with Crippen molar-refractivity contribution in [2.24, 2.45) is 0 Å². The molecular formula is C59H106N2O6P+. The second kappa shape index (κ2) is 49.4. The molecule has 0 spiro atoms. The number of quaternary nitrogens is 1. The van der Waals surface area contributed by atoms with Crippen LogP contribution in [0.4, 0.5) is 0 Å². The molecule has 0 aromatic heterocycles. The number of phosphoric ester groups is 1. The average molecular weight is 970 g/mol. The largest absolute Gasteiger partial charge is 0.472 e. The van der Waals surface area contributed by atoms with Crippen LogP contribution in [0.15, 0.2) is 97.2 Å². The molecule has 392 valence electrons. The van der Waals surface area contributed by atoms with Crippen molar-refractivity contribution in [3.05, 3.63) is 97.2 Å². The van der Waals surface area contributed by atoms with E-state index >= 15 is 0 Å². The molecule has 0 saturated carbocycles. The molecule has 0 aliphatic carbocycles. The van der Waals surface area contributed by atoms with Crippen LogP contribution in [0.25, 0.3) is 0 Å². The van der Waals surface area contributed by atoms with Crippen molar-refractivity contribution in [2.45, 2.75) is 231 Å². The molecule has 0 aliphatic rings. The summed E-state index contributed by atoms with van der Waals surface area (Å²) in [6.45, 7) is 4.66. The van der Waals surface area contributed by atoms with E-state index in [4.69, 9.17) is 9.05 Å². The van der Waals surface area contributed by atoms with Gasteiger partial charge in [0.25, 0.3) is 0 Å². The van der Waals surface area contributed by atoms with E-state index in [9.17, 15) is 19.4 Å². The molecule has 0 bridgehead atoms. The number of likely N-dealkylation sites (N-methyl/N-ethyl adjacent to an activating group) is 1. The first-order chi connectivity index (χ1) is 33.0. The minimum atomic E-state index is -4.34. The maximum Gasteiger partial charge on any atom is 0.472 e. The van der Waals surface area contributed by atoms with Crippen LogP contribution in [-0.2, 0) is 18.4 Å². The van der Waals surface area contributed by atoms with Gasteiger partial charge in [-0.05, 0) is 77.0 Å². The standard InChI is InChI=1S/C59H105N2O6P/c1-6-8-10-12-14-16-17-18-19-20-21-22-23-24-25-26-27-28-29-30-31-32-33-34-35-36-37-38-39-40-41-42-43-45-47-49-51-53-59(63)60-57(56-67-68(64,65)66-55-54-61(3,4)5)58(62)52-50-48-46-44-15-13-11-9-7-2/h8,10,14,16,18-19,21-22,24-25,27-28,30-31,50,52,57-58,62H,6-7,9,11-13,15,17,20,23,26,29,32-49,51,53-56H2,1-5H3,(H-,60,63,64,65)/p+1/b10-8-,16-14-,19-18-,22-21-,25-24-,28-27-,31-30-,52-50+. The lowest BCUT2D eigenvalue weighted by molar-refractivity contribution is -0.870. The van der Waals surface area contributed by atoms with Gasteiger partial charge in [0, 0.05) is 6.42 Å². The predicted molar refractivity (Wildman–Crippen MR) is 295 cm³/mol. The van der Waals surface area contributed by atoms with Gasteiger partial charge in [0.2, 0.25) is 5.91 Å². The van der Waals surface area contributed by atoms with Gasteiger partial charge in [0.15, 0.2) is 0 Å². The zero-order chi connectivity index (χ0) is 49.9. The summed E-state index contributed by atoms with van der Waals surface area (Å²) in [6.07, 6.45) is 70.9. The van der Waals surface area contributed by atoms with Crippen LogP contribution in [0.3, 0.4) is 0 Å². The number of nitrogens with one attached hydrogen (secondary N) is 1. The Morgan fingerprint density at radius 1 is 0.515 bits per heavy atom. The maximum absolute atomic E-state index is 12.9. The summed E-state index contributed by atoms with van der Waals surface area (Å²) in [5.41, 5.74) is 0. The summed E-state index contributed by atoms with van der Waals surface area (Å²) in [5, 5.41) is 13.8. The molecular weight excluding hydrogens is 864 g/mol. The van der Waals surface area contributed by atoms with Gasteiger partial charge < -0.3 is 19.8 Å². The Balaban J connectivity index is 3.96. The highest BCUT2D eigenvalue weighted by Crippen LogP contribution is 2.43. The van der Waals surface area contributed by atoms with Crippen LogP contribution < -0.4 is 5.32 Å². The van der Waals surface area contributed by atoms with Crippen LogP contribution >= 0.6 is 7.82 Å².